The summed E-state index contributed by atoms with van der Waals surface area (Å²) in [6.45, 7) is 4.09. The Kier molecular flexibility index (Phi) is 4.72. The number of nitrogens with zero attached hydrogens (tertiary/aromatic N) is 1. The maximum absolute atomic E-state index is 10.6. The Bertz CT molecular complexity index is 499. The number of nitrogens with one attached hydrogen (secondary N) is 1. The van der Waals surface area contributed by atoms with Crippen LogP contribution in [-0.2, 0) is 0 Å². The number of hydrogen-bond donors (Lipinski definition) is 2. The van der Waals surface area contributed by atoms with Gasteiger partial charge in [-0.15, -0.1) is 0 Å². The van der Waals surface area contributed by atoms with Crippen LogP contribution >= 0.6 is 15.9 Å². The van der Waals surface area contributed by atoms with Gasteiger partial charge in [0.25, 0.3) is 0 Å². The molecule has 1 saturated heterocycles. The van der Waals surface area contributed by atoms with Crippen molar-refractivity contribution in [1.82, 2.24) is 10.2 Å². The van der Waals surface area contributed by atoms with Crippen LogP contribution in [0.4, 0.5) is 0 Å². The van der Waals surface area contributed by atoms with Gasteiger partial charge in [-0.3, -0.25) is 4.90 Å². The largest absolute Gasteiger partial charge is 0.504 e. The summed E-state index contributed by atoms with van der Waals surface area (Å²) in [5, 5.41) is 14.0. The van der Waals surface area contributed by atoms with Gasteiger partial charge in [0, 0.05) is 42.3 Å². The summed E-state index contributed by atoms with van der Waals surface area (Å²) in [7, 11) is 1.60. The Hall–Kier alpha value is -0.780. The maximum atomic E-state index is 10.6. The van der Waals surface area contributed by atoms with Crippen LogP contribution in [0.2, 0.25) is 0 Å². The quantitative estimate of drug-likeness (QED) is 0.853. The highest BCUT2D eigenvalue weighted by molar-refractivity contribution is 9.10. The molecule has 2 N–H and O–H groups in total. The summed E-state index contributed by atoms with van der Waals surface area (Å²) in [6, 6.07) is 4.06. The highest BCUT2D eigenvalue weighted by atomic mass is 79.9. The lowest BCUT2D eigenvalue weighted by atomic mass is 9.97. The van der Waals surface area contributed by atoms with Crippen LogP contribution in [0.25, 0.3) is 0 Å². The average molecular weight is 355 g/mol. The van der Waals surface area contributed by atoms with Crippen molar-refractivity contribution in [3.05, 3.63) is 22.2 Å². The smallest absolute Gasteiger partial charge is 0.163 e. The third kappa shape index (κ3) is 3.35. The van der Waals surface area contributed by atoms with Gasteiger partial charge in [-0.05, 0) is 24.5 Å². The Morgan fingerprint density at radius 3 is 2.71 bits per heavy atom. The molecule has 21 heavy (non-hydrogen) atoms. The molecule has 3 rings (SSSR count). The second-order valence-corrected chi connectivity index (χ2v) is 6.85. The molecular formula is C16H23BrN2O2. The minimum atomic E-state index is 0.268. The Balaban J connectivity index is 1.94. The summed E-state index contributed by atoms with van der Waals surface area (Å²) in [4.78, 5) is 2.49. The number of hydrogen-bond acceptors (Lipinski definition) is 4. The zero-order valence-electron chi connectivity index (χ0n) is 12.4. The Morgan fingerprint density at radius 2 is 2.10 bits per heavy atom. The number of phenols is 1. The number of piperazine rings is 1. The van der Waals surface area contributed by atoms with Gasteiger partial charge in [-0.1, -0.05) is 28.8 Å². The molecule has 4 nitrogen and oxygen atoms in total. The van der Waals surface area contributed by atoms with Gasteiger partial charge >= 0.3 is 0 Å². The van der Waals surface area contributed by atoms with Crippen molar-refractivity contribution in [1.29, 1.82) is 0 Å². The zero-order valence-corrected chi connectivity index (χ0v) is 14.0. The first kappa shape index (κ1) is 15.1. The zero-order chi connectivity index (χ0) is 14.8. The van der Waals surface area contributed by atoms with Gasteiger partial charge in [0.15, 0.2) is 11.5 Å². The molecule has 0 aromatic heterocycles. The van der Waals surface area contributed by atoms with E-state index in [4.69, 9.17) is 4.74 Å². The van der Waals surface area contributed by atoms with E-state index in [2.05, 4.69) is 26.1 Å². The van der Waals surface area contributed by atoms with Gasteiger partial charge < -0.3 is 15.2 Å². The van der Waals surface area contributed by atoms with Crippen molar-refractivity contribution in [2.45, 2.75) is 25.3 Å². The first-order valence-corrected chi connectivity index (χ1v) is 8.50. The monoisotopic (exact) mass is 354 g/mol. The predicted octanol–water partition coefficient (Wildman–Crippen LogP) is 2.91. The molecule has 1 aromatic rings. The van der Waals surface area contributed by atoms with Gasteiger partial charge in [-0.2, -0.15) is 0 Å². The summed E-state index contributed by atoms with van der Waals surface area (Å²) >= 11 is 3.63. The van der Waals surface area contributed by atoms with Gasteiger partial charge in [-0.25, -0.2) is 0 Å². The van der Waals surface area contributed by atoms with Gasteiger partial charge in [0.05, 0.1) is 7.11 Å². The molecule has 0 bridgehead atoms. The molecule has 0 spiro atoms. The minimum Gasteiger partial charge on any atom is -0.504 e. The second-order valence-electron chi connectivity index (χ2n) is 5.99. The fourth-order valence-electron chi connectivity index (χ4n) is 3.16. The summed E-state index contributed by atoms with van der Waals surface area (Å²) in [6.07, 6.45) is 3.77. The third-order valence-electron chi connectivity index (χ3n) is 4.53. The fourth-order valence-corrected chi connectivity index (χ4v) is 3.74. The number of methoxy groups -OCH3 is 1. The molecule has 1 heterocycles. The molecule has 1 aromatic carbocycles. The molecule has 116 valence electrons. The third-order valence-corrected chi connectivity index (χ3v) is 5.22. The standard InChI is InChI=1S/C16H23BrN2O2/c1-21-14-5-4-12(17)15(16(14)20)13(10-11-2-3-11)19-8-6-18-7-9-19/h4-5,11,13,18,20H,2-3,6-10H2,1H3/t13-/m0/s1. The predicted molar refractivity (Wildman–Crippen MR) is 86.9 cm³/mol. The lowest BCUT2D eigenvalue weighted by molar-refractivity contribution is 0.157. The van der Waals surface area contributed by atoms with E-state index in [1.807, 2.05) is 12.1 Å². The molecule has 2 aliphatic rings. The number of aromatic hydroxyl groups is 1. The molecule has 0 radical (unpaired) electrons. The lowest BCUT2D eigenvalue weighted by Crippen LogP contribution is -2.45. The Labute approximate surface area is 134 Å². The number of phenolic OH excluding ortho intramolecular Hbond substituents is 1. The van der Waals surface area contributed by atoms with E-state index in [0.717, 1.165) is 48.6 Å². The van der Waals surface area contributed by atoms with Crippen molar-refractivity contribution in [2.24, 2.45) is 5.92 Å². The summed E-state index contributed by atoms with van der Waals surface area (Å²) in [5.74, 6) is 1.66. The van der Waals surface area contributed by atoms with E-state index in [1.165, 1.54) is 12.8 Å². The molecule has 0 unspecified atom stereocenters. The van der Waals surface area contributed by atoms with Crippen LogP contribution in [-0.4, -0.2) is 43.3 Å². The van der Waals surface area contributed by atoms with Gasteiger partial charge in [0.1, 0.15) is 0 Å². The molecule has 1 aliphatic carbocycles. The SMILES string of the molecule is COc1ccc(Br)c([C@H](CC2CC2)N2CCNCC2)c1O. The van der Waals surface area contributed by atoms with Crippen molar-refractivity contribution in [3.8, 4) is 11.5 Å². The lowest BCUT2D eigenvalue weighted by Gasteiger charge is -2.36. The maximum Gasteiger partial charge on any atom is 0.163 e. The molecule has 5 heteroatoms. The molecule has 1 aliphatic heterocycles. The van der Waals surface area contributed by atoms with Crippen molar-refractivity contribution >= 4 is 15.9 Å². The van der Waals surface area contributed by atoms with Crippen LogP contribution < -0.4 is 10.1 Å². The van der Waals surface area contributed by atoms with Crippen LogP contribution in [0.1, 0.15) is 30.9 Å². The summed E-state index contributed by atoms with van der Waals surface area (Å²) in [5.41, 5.74) is 0.989. The van der Waals surface area contributed by atoms with Crippen molar-refractivity contribution in [2.75, 3.05) is 33.3 Å². The van der Waals surface area contributed by atoms with E-state index in [1.54, 1.807) is 7.11 Å². The highest BCUT2D eigenvalue weighted by Gasteiger charge is 2.33. The highest BCUT2D eigenvalue weighted by Crippen LogP contribution is 2.47. The average Bonchev–Trinajstić information content (AvgIpc) is 3.31. The second kappa shape index (κ2) is 6.55. The molecule has 1 saturated carbocycles. The van der Waals surface area contributed by atoms with Crippen LogP contribution in [0, 0.1) is 5.92 Å². The number of rotatable bonds is 5. The molecule has 1 atom stereocenters. The van der Waals surface area contributed by atoms with Crippen LogP contribution in [0.3, 0.4) is 0 Å². The van der Waals surface area contributed by atoms with Crippen molar-refractivity contribution < 1.29 is 9.84 Å². The number of benzene rings is 1. The first-order chi connectivity index (χ1) is 10.2. The van der Waals surface area contributed by atoms with E-state index in [0.29, 0.717) is 5.75 Å². The van der Waals surface area contributed by atoms with Crippen LogP contribution in [0.5, 0.6) is 11.5 Å². The van der Waals surface area contributed by atoms with E-state index >= 15 is 0 Å². The molecule has 2 fully saturated rings. The van der Waals surface area contributed by atoms with E-state index in [9.17, 15) is 5.11 Å². The van der Waals surface area contributed by atoms with E-state index in [-0.39, 0.29) is 11.8 Å². The summed E-state index contributed by atoms with van der Waals surface area (Å²) < 4.78 is 6.27. The molecule has 0 amide bonds. The van der Waals surface area contributed by atoms with Crippen molar-refractivity contribution in [3.63, 3.8) is 0 Å². The first-order valence-electron chi connectivity index (χ1n) is 7.71. The Morgan fingerprint density at radius 1 is 1.38 bits per heavy atom. The number of ether oxygens (including phenoxy) is 1. The van der Waals surface area contributed by atoms with Crippen LogP contribution in [0.15, 0.2) is 16.6 Å². The topological polar surface area (TPSA) is 44.7 Å². The number of halogens is 1. The fraction of sp³-hybridized carbons (Fsp3) is 0.625. The minimum absolute atomic E-state index is 0.268. The molecular weight excluding hydrogens is 332 g/mol. The van der Waals surface area contributed by atoms with E-state index < -0.39 is 0 Å². The normalized spacial score (nSPS) is 21.2. The van der Waals surface area contributed by atoms with Gasteiger partial charge in [0.2, 0.25) is 0 Å².